The second-order valence-corrected chi connectivity index (χ2v) is 4.15. The normalized spacial score (nSPS) is 13.4. The van der Waals surface area contributed by atoms with E-state index in [4.69, 9.17) is 5.73 Å². The first-order valence-electron chi connectivity index (χ1n) is 5.98. The van der Waals surface area contributed by atoms with Crippen molar-refractivity contribution in [2.24, 2.45) is 5.73 Å². The smallest absolute Gasteiger partial charge is 0.0948 e. The van der Waals surface area contributed by atoms with Gasteiger partial charge in [0.05, 0.1) is 6.33 Å². The van der Waals surface area contributed by atoms with Crippen molar-refractivity contribution in [1.82, 2.24) is 9.55 Å². The van der Waals surface area contributed by atoms with E-state index in [-0.39, 0.29) is 6.04 Å². The lowest BCUT2D eigenvalue weighted by Gasteiger charge is -2.17. The molecule has 1 unspecified atom stereocenters. The van der Waals surface area contributed by atoms with Gasteiger partial charge in [-0.15, -0.1) is 0 Å². The van der Waals surface area contributed by atoms with Gasteiger partial charge in [-0.25, -0.2) is 4.98 Å². The summed E-state index contributed by atoms with van der Waals surface area (Å²) < 4.78 is 2.21. The lowest BCUT2D eigenvalue weighted by Crippen LogP contribution is -2.26. The van der Waals surface area contributed by atoms with Crippen LogP contribution in [0.25, 0.3) is 0 Å². The molecule has 0 amide bonds. The van der Waals surface area contributed by atoms with Crippen molar-refractivity contribution >= 4 is 0 Å². The van der Waals surface area contributed by atoms with Gasteiger partial charge in [0.15, 0.2) is 0 Å². The molecule has 0 aliphatic carbocycles. The molecule has 0 aliphatic rings. The van der Waals surface area contributed by atoms with Gasteiger partial charge in [0.25, 0.3) is 0 Å². The van der Waals surface area contributed by atoms with Crippen LogP contribution in [0.4, 0.5) is 0 Å². The Morgan fingerprint density at radius 3 is 2.47 bits per heavy atom. The van der Waals surface area contributed by atoms with E-state index in [1.165, 1.54) is 18.5 Å². The van der Waals surface area contributed by atoms with Crippen LogP contribution in [0.2, 0.25) is 0 Å². The van der Waals surface area contributed by atoms with E-state index >= 15 is 0 Å². The molecule has 1 aromatic heterocycles. The van der Waals surface area contributed by atoms with Gasteiger partial charge in [0, 0.05) is 30.4 Å². The molecular weight excluding hydrogens is 186 g/mol. The molecule has 1 aromatic rings. The highest BCUT2D eigenvalue weighted by atomic mass is 15.1. The monoisotopic (exact) mass is 209 g/mol. The predicted octanol–water partition coefficient (Wildman–Crippen LogP) is 2.52. The molecule has 0 bridgehead atoms. The average Bonchev–Trinajstić information content (AvgIpc) is 2.68. The summed E-state index contributed by atoms with van der Waals surface area (Å²) in [5, 5.41) is 0. The van der Waals surface area contributed by atoms with Crippen LogP contribution >= 0.6 is 0 Å². The summed E-state index contributed by atoms with van der Waals surface area (Å²) in [5.41, 5.74) is 7.30. The van der Waals surface area contributed by atoms with E-state index in [0.29, 0.717) is 5.92 Å². The van der Waals surface area contributed by atoms with Crippen molar-refractivity contribution in [2.45, 2.75) is 58.5 Å². The summed E-state index contributed by atoms with van der Waals surface area (Å²) in [5.74, 6) is 0.622. The van der Waals surface area contributed by atoms with Gasteiger partial charge in [-0.1, -0.05) is 20.8 Å². The lowest BCUT2D eigenvalue weighted by atomic mass is 10.00. The molecule has 15 heavy (non-hydrogen) atoms. The van der Waals surface area contributed by atoms with E-state index in [1.54, 1.807) is 0 Å². The topological polar surface area (TPSA) is 43.8 Å². The third kappa shape index (κ3) is 3.06. The highest BCUT2D eigenvalue weighted by Gasteiger charge is 2.13. The molecule has 86 valence electrons. The van der Waals surface area contributed by atoms with Crippen LogP contribution in [0, 0.1) is 0 Å². The number of aromatic nitrogens is 2. The minimum Gasteiger partial charge on any atom is -0.333 e. The van der Waals surface area contributed by atoms with E-state index in [9.17, 15) is 0 Å². The number of rotatable bonds is 6. The third-order valence-corrected chi connectivity index (χ3v) is 3.10. The zero-order valence-electron chi connectivity index (χ0n) is 10.1. The molecule has 0 aliphatic heterocycles. The van der Waals surface area contributed by atoms with Crippen molar-refractivity contribution in [3.63, 3.8) is 0 Å². The molecule has 0 saturated heterocycles. The summed E-state index contributed by atoms with van der Waals surface area (Å²) in [6, 6.07) is 0.243. The molecule has 2 N–H and O–H groups in total. The fraction of sp³-hybridized carbons (Fsp3) is 0.750. The van der Waals surface area contributed by atoms with Gasteiger partial charge in [0.2, 0.25) is 0 Å². The number of nitrogens with zero attached hydrogens (tertiary/aromatic N) is 2. The zero-order valence-corrected chi connectivity index (χ0v) is 10.1. The molecule has 3 heteroatoms. The van der Waals surface area contributed by atoms with Crippen LogP contribution in [0.15, 0.2) is 12.5 Å². The number of imidazole rings is 1. The summed E-state index contributed by atoms with van der Waals surface area (Å²) in [6.07, 6.45) is 7.25. The van der Waals surface area contributed by atoms with Crippen molar-refractivity contribution in [3.8, 4) is 0 Å². The second kappa shape index (κ2) is 5.91. The van der Waals surface area contributed by atoms with Crippen LogP contribution in [0.5, 0.6) is 0 Å². The van der Waals surface area contributed by atoms with E-state index < -0.39 is 0 Å². The largest absolute Gasteiger partial charge is 0.333 e. The van der Waals surface area contributed by atoms with Crippen LogP contribution in [0.3, 0.4) is 0 Å². The molecule has 0 radical (unpaired) electrons. The summed E-state index contributed by atoms with van der Waals surface area (Å²) in [7, 11) is 0. The first-order valence-corrected chi connectivity index (χ1v) is 5.98. The maximum Gasteiger partial charge on any atom is 0.0948 e. The number of hydrogen-bond acceptors (Lipinski definition) is 2. The Morgan fingerprint density at radius 2 is 1.93 bits per heavy atom. The van der Waals surface area contributed by atoms with E-state index in [2.05, 4.69) is 30.3 Å². The highest BCUT2D eigenvalue weighted by Crippen LogP contribution is 2.22. The molecular formula is C12H23N3. The fourth-order valence-electron chi connectivity index (χ4n) is 1.91. The van der Waals surface area contributed by atoms with Crippen molar-refractivity contribution in [3.05, 3.63) is 18.2 Å². The Labute approximate surface area is 92.7 Å². The SMILES string of the molecule is CCC(N)Cn1cncc1C(CC)CC. The van der Waals surface area contributed by atoms with E-state index in [0.717, 1.165) is 13.0 Å². The number of hydrogen-bond donors (Lipinski definition) is 1. The number of nitrogens with two attached hydrogens (primary N) is 1. The molecule has 1 rings (SSSR count). The zero-order chi connectivity index (χ0) is 11.3. The fourth-order valence-corrected chi connectivity index (χ4v) is 1.91. The van der Waals surface area contributed by atoms with Gasteiger partial charge in [0.1, 0.15) is 0 Å². The Kier molecular flexibility index (Phi) is 4.82. The standard InChI is InChI=1S/C12H23N3/c1-4-10(5-2)12-7-14-9-15(12)8-11(13)6-3/h7,9-11H,4-6,8,13H2,1-3H3. The first-order chi connectivity index (χ1) is 7.22. The molecule has 1 atom stereocenters. The first kappa shape index (κ1) is 12.2. The maximum atomic E-state index is 5.97. The maximum absolute atomic E-state index is 5.97. The quantitative estimate of drug-likeness (QED) is 0.782. The van der Waals surface area contributed by atoms with Crippen LogP contribution in [-0.4, -0.2) is 15.6 Å². The van der Waals surface area contributed by atoms with Crippen molar-refractivity contribution in [1.29, 1.82) is 0 Å². The molecule has 0 aromatic carbocycles. The Hall–Kier alpha value is -0.830. The van der Waals surface area contributed by atoms with Crippen molar-refractivity contribution in [2.75, 3.05) is 0 Å². The third-order valence-electron chi connectivity index (χ3n) is 3.10. The molecule has 0 fully saturated rings. The van der Waals surface area contributed by atoms with Gasteiger partial charge in [-0.05, 0) is 19.3 Å². The highest BCUT2D eigenvalue weighted by molar-refractivity contribution is 5.06. The van der Waals surface area contributed by atoms with Gasteiger partial charge in [-0.2, -0.15) is 0 Å². The summed E-state index contributed by atoms with van der Waals surface area (Å²) in [4.78, 5) is 4.23. The van der Waals surface area contributed by atoms with Crippen LogP contribution < -0.4 is 5.73 Å². The Morgan fingerprint density at radius 1 is 1.27 bits per heavy atom. The molecule has 0 saturated carbocycles. The second-order valence-electron chi connectivity index (χ2n) is 4.15. The summed E-state index contributed by atoms with van der Waals surface area (Å²) >= 11 is 0. The van der Waals surface area contributed by atoms with Gasteiger partial charge >= 0.3 is 0 Å². The molecule has 1 heterocycles. The minimum absolute atomic E-state index is 0.243. The average molecular weight is 209 g/mol. The summed E-state index contributed by atoms with van der Waals surface area (Å²) in [6.45, 7) is 7.47. The van der Waals surface area contributed by atoms with Crippen LogP contribution in [0.1, 0.15) is 51.6 Å². The minimum atomic E-state index is 0.243. The molecule has 3 nitrogen and oxygen atoms in total. The van der Waals surface area contributed by atoms with Crippen LogP contribution in [-0.2, 0) is 6.54 Å². The lowest BCUT2D eigenvalue weighted by molar-refractivity contribution is 0.498. The molecule has 0 spiro atoms. The Bertz CT molecular complexity index is 276. The van der Waals surface area contributed by atoms with E-state index in [1.807, 2.05) is 12.5 Å². The van der Waals surface area contributed by atoms with Gasteiger partial charge in [-0.3, -0.25) is 0 Å². The van der Waals surface area contributed by atoms with Gasteiger partial charge < -0.3 is 10.3 Å². The Balaban J connectivity index is 2.76. The predicted molar refractivity (Wildman–Crippen MR) is 63.8 cm³/mol. The van der Waals surface area contributed by atoms with Crippen molar-refractivity contribution < 1.29 is 0 Å².